The molecule has 2 aromatic rings. The van der Waals surface area contributed by atoms with Crippen molar-refractivity contribution in [3.05, 3.63) is 41.0 Å². The molecule has 0 bridgehead atoms. The summed E-state index contributed by atoms with van der Waals surface area (Å²) in [6, 6.07) is 4.88. The van der Waals surface area contributed by atoms with Crippen molar-refractivity contribution < 1.29 is 4.92 Å². The number of anilines is 1. The monoisotopic (exact) mass is 274 g/mol. The maximum absolute atomic E-state index is 11.0. The smallest absolute Gasteiger partial charge is 0.271 e. The molecule has 1 aliphatic heterocycles. The van der Waals surface area contributed by atoms with E-state index < -0.39 is 4.92 Å². The topological polar surface area (TPSA) is 89.1 Å². The van der Waals surface area contributed by atoms with Gasteiger partial charge in [0.2, 0.25) is 0 Å². The Balaban J connectivity index is 2.06. The number of non-ortho nitro benzene ring substituents is 1. The molecule has 8 heteroatoms. The first-order valence-electron chi connectivity index (χ1n) is 6.35. The average molecular weight is 274 g/mol. The first-order chi connectivity index (χ1) is 9.75. The van der Waals surface area contributed by atoms with Crippen LogP contribution < -0.4 is 10.2 Å². The molecule has 0 spiro atoms. The number of nitrogens with one attached hydrogen (secondary N) is 1. The highest BCUT2D eigenvalue weighted by molar-refractivity contribution is 5.66. The van der Waals surface area contributed by atoms with E-state index in [1.165, 1.54) is 6.07 Å². The lowest BCUT2D eigenvalue weighted by Gasteiger charge is -2.30. The molecule has 0 saturated carbocycles. The van der Waals surface area contributed by atoms with Crippen LogP contribution in [0.2, 0.25) is 0 Å². The van der Waals surface area contributed by atoms with Gasteiger partial charge in [-0.3, -0.25) is 14.7 Å². The number of piperazine rings is 1. The Kier molecular flexibility index (Phi) is 3.30. The van der Waals surface area contributed by atoms with Gasteiger partial charge in [0.1, 0.15) is 12.7 Å². The van der Waals surface area contributed by atoms with Gasteiger partial charge in [0, 0.05) is 38.3 Å². The summed E-state index contributed by atoms with van der Waals surface area (Å²) < 4.78 is 1.70. The van der Waals surface area contributed by atoms with E-state index in [1.54, 1.807) is 29.4 Å². The average Bonchev–Trinajstić information content (AvgIpc) is 3.01. The largest absolute Gasteiger partial charge is 0.367 e. The second kappa shape index (κ2) is 5.25. The summed E-state index contributed by atoms with van der Waals surface area (Å²) in [4.78, 5) is 12.8. The van der Waals surface area contributed by atoms with Crippen LogP contribution in [-0.2, 0) is 0 Å². The molecule has 3 rings (SSSR count). The molecule has 0 aliphatic carbocycles. The van der Waals surface area contributed by atoms with Crippen molar-refractivity contribution in [3.8, 4) is 5.69 Å². The highest BCUT2D eigenvalue weighted by atomic mass is 16.6. The van der Waals surface area contributed by atoms with Gasteiger partial charge in [0.15, 0.2) is 0 Å². The van der Waals surface area contributed by atoms with Crippen LogP contribution in [0.4, 0.5) is 11.4 Å². The van der Waals surface area contributed by atoms with Crippen molar-refractivity contribution >= 4 is 11.4 Å². The zero-order valence-electron chi connectivity index (χ0n) is 10.8. The Morgan fingerprint density at radius 3 is 2.50 bits per heavy atom. The van der Waals surface area contributed by atoms with E-state index in [9.17, 15) is 10.1 Å². The third kappa shape index (κ3) is 2.32. The molecule has 1 fully saturated rings. The molecule has 1 aromatic heterocycles. The van der Waals surface area contributed by atoms with E-state index in [2.05, 4.69) is 20.4 Å². The Bertz CT molecular complexity index is 606. The van der Waals surface area contributed by atoms with Crippen molar-refractivity contribution in [3.63, 3.8) is 0 Å². The second-order valence-electron chi connectivity index (χ2n) is 4.54. The molecule has 20 heavy (non-hydrogen) atoms. The van der Waals surface area contributed by atoms with Gasteiger partial charge in [-0.25, -0.2) is 0 Å². The van der Waals surface area contributed by atoms with Crippen LogP contribution >= 0.6 is 0 Å². The number of aromatic nitrogens is 3. The highest BCUT2D eigenvalue weighted by Gasteiger charge is 2.18. The number of rotatable bonds is 3. The van der Waals surface area contributed by atoms with E-state index in [4.69, 9.17) is 0 Å². The number of nitro groups is 1. The predicted octanol–water partition coefficient (Wildman–Crippen LogP) is 0.585. The van der Waals surface area contributed by atoms with Gasteiger partial charge in [-0.05, 0) is 6.07 Å². The molecule has 1 saturated heterocycles. The number of benzene rings is 1. The van der Waals surface area contributed by atoms with Gasteiger partial charge in [0.25, 0.3) is 5.69 Å². The van der Waals surface area contributed by atoms with Crippen LogP contribution in [0.25, 0.3) is 5.69 Å². The molecule has 0 atom stereocenters. The Morgan fingerprint density at radius 1 is 1.15 bits per heavy atom. The predicted molar refractivity (Wildman–Crippen MR) is 73.1 cm³/mol. The van der Waals surface area contributed by atoms with E-state index in [0.717, 1.165) is 37.6 Å². The quantitative estimate of drug-likeness (QED) is 0.650. The van der Waals surface area contributed by atoms with Gasteiger partial charge in [-0.2, -0.15) is 0 Å². The van der Waals surface area contributed by atoms with Gasteiger partial charge < -0.3 is 10.2 Å². The number of nitro benzene ring substituents is 1. The maximum atomic E-state index is 11.0. The van der Waals surface area contributed by atoms with Crippen LogP contribution in [0, 0.1) is 10.1 Å². The summed E-state index contributed by atoms with van der Waals surface area (Å²) in [6.07, 6.45) is 3.09. The molecular weight excluding hydrogens is 260 g/mol. The molecule has 104 valence electrons. The van der Waals surface area contributed by atoms with E-state index in [0.29, 0.717) is 0 Å². The van der Waals surface area contributed by atoms with Crippen LogP contribution in [0.1, 0.15) is 0 Å². The normalized spacial score (nSPS) is 15.3. The third-order valence-electron chi connectivity index (χ3n) is 3.32. The summed E-state index contributed by atoms with van der Waals surface area (Å²) >= 11 is 0. The van der Waals surface area contributed by atoms with Crippen molar-refractivity contribution in [1.29, 1.82) is 0 Å². The number of hydrogen-bond acceptors (Lipinski definition) is 6. The molecule has 0 amide bonds. The first kappa shape index (κ1) is 12.5. The SMILES string of the molecule is O=[N+]([O-])c1ccc(N2CCNCC2)c(-n2cnnc2)c1. The minimum absolute atomic E-state index is 0.0626. The summed E-state index contributed by atoms with van der Waals surface area (Å²) in [7, 11) is 0. The third-order valence-corrected chi connectivity index (χ3v) is 3.32. The lowest BCUT2D eigenvalue weighted by Crippen LogP contribution is -2.43. The molecule has 1 N–H and O–H groups in total. The maximum Gasteiger partial charge on any atom is 0.271 e. The van der Waals surface area contributed by atoms with E-state index >= 15 is 0 Å². The minimum Gasteiger partial charge on any atom is -0.367 e. The van der Waals surface area contributed by atoms with Gasteiger partial charge in [-0.1, -0.05) is 0 Å². The van der Waals surface area contributed by atoms with Crippen molar-refractivity contribution in [2.75, 3.05) is 31.1 Å². The van der Waals surface area contributed by atoms with Crippen LogP contribution in [-0.4, -0.2) is 45.9 Å². The van der Waals surface area contributed by atoms with E-state index in [1.807, 2.05) is 0 Å². The molecule has 2 heterocycles. The van der Waals surface area contributed by atoms with Gasteiger partial charge >= 0.3 is 0 Å². The zero-order chi connectivity index (χ0) is 13.9. The fraction of sp³-hybridized carbons (Fsp3) is 0.333. The Hall–Kier alpha value is -2.48. The Morgan fingerprint density at radius 2 is 1.85 bits per heavy atom. The van der Waals surface area contributed by atoms with Gasteiger partial charge in [-0.15, -0.1) is 10.2 Å². The molecule has 1 aromatic carbocycles. The summed E-state index contributed by atoms with van der Waals surface area (Å²) in [6.45, 7) is 3.54. The molecule has 8 nitrogen and oxygen atoms in total. The van der Waals surface area contributed by atoms with Crippen molar-refractivity contribution in [1.82, 2.24) is 20.1 Å². The lowest BCUT2D eigenvalue weighted by atomic mass is 10.2. The Labute approximate surface area is 115 Å². The van der Waals surface area contributed by atoms with Crippen molar-refractivity contribution in [2.24, 2.45) is 0 Å². The first-order valence-corrected chi connectivity index (χ1v) is 6.35. The number of nitrogens with zero attached hydrogens (tertiary/aromatic N) is 5. The zero-order valence-corrected chi connectivity index (χ0v) is 10.8. The lowest BCUT2D eigenvalue weighted by molar-refractivity contribution is -0.384. The molecule has 1 aliphatic rings. The van der Waals surface area contributed by atoms with Crippen LogP contribution in [0.3, 0.4) is 0 Å². The van der Waals surface area contributed by atoms with E-state index in [-0.39, 0.29) is 5.69 Å². The highest BCUT2D eigenvalue weighted by Crippen LogP contribution is 2.28. The van der Waals surface area contributed by atoms with Gasteiger partial charge in [0.05, 0.1) is 16.3 Å². The van der Waals surface area contributed by atoms with Crippen LogP contribution in [0.15, 0.2) is 30.9 Å². The fourth-order valence-corrected chi connectivity index (χ4v) is 2.33. The summed E-state index contributed by atoms with van der Waals surface area (Å²) in [5.41, 5.74) is 1.75. The molecule has 0 unspecified atom stereocenters. The van der Waals surface area contributed by atoms with Crippen LogP contribution in [0.5, 0.6) is 0 Å². The second-order valence-corrected chi connectivity index (χ2v) is 4.54. The summed E-state index contributed by atoms with van der Waals surface area (Å²) in [5, 5.41) is 21.8. The molecular formula is C12H14N6O2. The molecule has 0 radical (unpaired) electrons. The number of hydrogen-bond donors (Lipinski definition) is 1. The fourth-order valence-electron chi connectivity index (χ4n) is 2.33. The minimum atomic E-state index is -0.393. The summed E-state index contributed by atoms with van der Waals surface area (Å²) in [5.74, 6) is 0. The van der Waals surface area contributed by atoms with Crippen molar-refractivity contribution in [2.45, 2.75) is 0 Å². The standard InChI is InChI=1S/C12H14N6O2/c19-18(20)10-1-2-11(16-5-3-13-4-6-16)12(7-10)17-8-14-15-9-17/h1-2,7-9,13H,3-6H2.